The number of hydrogen-bond donors (Lipinski definition) is 3. The zero-order valence-corrected chi connectivity index (χ0v) is 19.0. The first-order chi connectivity index (χ1) is 14.2. The van der Waals surface area contributed by atoms with Crippen LogP contribution in [0.3, 0.4) is 0 Å². The Bertz CT molecular complexity index is 696. The molecule has 30 heavy (non-hydrogen) atoms. The van der Waals surface area contributed by atoms with Crippen LogP contribution in [0.2, 0.25) is 0 Å². The summed E-state index contributed by atoms with van der Waals surface area (Å²) in [6, 6.07) is 8.33. The van der Waals surface area contributed by atoms with Crippen LogP contribution >= 0.6 is 7.37 Å². The second-order valence-corrected chi connectivity index (χ2v) is 12.3. The van der Waals surface area contributed by atoms with E-state index in [-0.39, 0.29) is 24.2 Å². The summed E-state index contributed by atoms with van der Waals surface area (Å²) < 4.78 is 25.9. The van der Waals surface area contributed by atoms with Gasteiger partial charge in [-0.05, 0) is 67.4 Å². The third-order valence-electron chi connectivity index (χ3n) is 7.26. The van der Waals surface area contributed by atoms with Crippen molar-refractivity contribution in [2.45, 2.75) is 82.6 Å². The van der Waals surface area contributed by atoms with E-state index in [9.17, 15) is 24.1 Å². The van der Waals surface area contributed by atoms with Crippen molar-refractivity contribution in [2.75, 3.05) is 12.8 Å². The number of halogens is 1. The summed E-state index contributed by atoms with van der Waals surface area (Å²) in [5.41, 5.74) is 2.64. The third kappa shape index (κ3) is 6.63. The van der Waals surface area contributed by atoms with Gasteiger partial charge in [0.1, 0.15) is 6.17 Å². The van der Waals surface area contributed by atoms with Crippen LogP contribution in [0.1, 0.15) is 62.5 Å². The standard InChI is InChI=1S/C24H38FO4P/c1-30(28,29)13-7-3-2-4-10-21-20(22(25)16-24(21)27)11-12-23(26)19-14-17-8-5-6-9-18(17)15-19/h5-6,8-9,19-24,26-27H,2-4,7,10-16H2,1H3,(H,28,29)/t20-,21-,22+,23+,24+/m1/s1. The molecular weight excluding hydrogens is 402 g/mol. The number of aliphatic hydroxyl groups is 2. The van der Waals surface area contributed by atoms with Crippen molar-refractivity contribution in [2.24, 2.45) is 17.8 Å². The molecule has 0 saturated heterocycles. The zero-order valence-electron chi connectivity index (χ0n) is 18.1. The Hall–Kier alpha value is -0.740. The summed E-state index contributed by atoms with van der Waals surface area (Å²) in [6.45, 7) is 1.40. The maximum atomic E-state index is 14.6. The van der Waals surface area contributed by atoms with E-state index >= 15 is 0 Å². The summed E-state index contributed by atoms with van der Waals surface area (Å²) in [6.07, 6.45) is 5.85. The van der Waals surface area contributed by atoms with Crippen LogP contribution in [0.15, 0.2) is 24.3 Å². The van der Waals surface area contributed by atoms with E-state index in [1.54, 1.807) is 0 Å². The first-order valence-corrected chi connectivity index (χ1v) is 13.9. The zero-order chi connectivity index (χ0) is 21.7. The fraction of sp³-hybridized carbons (Fsp3) is 0.750. The van der Waals surface area contributed by atoms with Crippen LogP contribution in [-0.2, 0) is 17.4 Å². The first kappa shape index (κ1) is 23.9. The van der Waals surface area contributed by atoms with Crippen molar-refractivity contribution < 1.29 is 24.1 Å². The van der Waals surface area contributed by atoms with E-state index in [4.69, 9.17) is 0 Å². The van der Waals surface area contributed by atoms with E-state index in [0.29, 0.717) is 19.0 Å². The Morgan fingerprint density at radius 1 is 1.07 bits per heavy atom. The Morgan fingerprint density at radius 3 is 2.33 bits per heavy atom. The molecule has 3 N–H and O–H groups in total. The molecule has 0 aromatic heterocycles. The van der Waals surface area contributed by atoms with Gasteiger partial charge in [-0.15, -0.1) is 0 Å². The van der Waals surface area contributed by atoms with Crippen LogP contribution in [-0.4, -0.2) is 46.3 Å². The van der Waals surface area contributed by atoms with Gasteiger partial charge in [0, 0.05) is 19.2 Å². The molecule has 170 valence electrons. The summed E-state index contributed by atoms with van der Waals surface area (Å²) in [4.78, 5) is 9.34. The van der Waals surface area contributed by atoms with Crippen LogP contribution in [0, 0.1) is 17.8 Å². The molecule has 1 unspecified atom stereocenters. The molecule has 1 aromatic rings. The molecular formula is C24H38FO4P. The Kier molecular flexibility index (Phi) is 8.55. The van der Waals surface area contributed by atoms with Crippen molar-refractivity contribution in [3.8, 4) is 0 Å². The van der Waals surface area contributed by atoms with Crippen molar-refractivity contribution in [1.82, 2.24) is 0 Å². The van der Waals surface area contributed by atoms with E-state index in [1.165, 1.54) is 17.8 Å². The Morgan fingerprint density at radius 2 is 1.70 bits per heavy atom. The average molecular weight is 441 g/mol. The molecule has 1 aromatic carbocycles. The van der Waals surface area contributed by atoms with Crippen LogP contribution in [0.4, 0.5) is 4.39 Å². The number of rotatable bonds is 11. The average Bonchev–Trinajstić information content (AvgIpc) is 3.22. The van der Waals surface area contributed by atoms with Crippen molar-refractivity contribution in [3.63, 3.8) is 0 Å². The SMILES string of the molecule is CP(=O)(O)CCCCCC[C@@H]1[C@@H](CC[C@H](O)C2Cc3ccccc3C2)[C@@H](F)C[C@@H]1O. The number of hydrogen-bond acceptors (Lipinski definition) is 3. The minimum absolute atomic E-state index is 0.0388. The van der Waals surface area contributed by atoms with E-state index in [1.807, 2.05) is 12.1 Å². The summed E-state index contributed by atoms with van der Waals surface area (Å²) in [5, 5.41) is 21.1. The lowest BCUT2D eigenvalue weighted by atomic mass is 9.83. The largest absolute Gasteiger partial charge is 0.393 e. The fourth-order valence-corrected chi connectivity index (χ4v) is 6.35. The fourth-order valence-electron chi connectivity index (χ4n) is 5.54. The van der Waals surface area contributed by atoms with Crippen molar-refractivity contribution in [1.29, 1.82) is 0 Å². The molecule has 2 aliphatic carbocycles. The molecule has 0 spiro atoms. The van der Waals surface area contributed by atoms with Crippen LogP contribution in [0.5, 0.6) is 0 Å². The Labute approximate surface area is 180 Å². The molecule has 4 nitrogen and oxygen atoms in total. The normalized spacial score (nSPS) is 29.6. The van der Waals surface area contributed by atoms with Crippen molar-refractivity contribution >= 4 is 7.37 Å². The van der Waals surface area contributed by atoms with Gasteiger partial charge in [-0.2, -0.15) is 0 Å². The molecule has 1 saturated carbocycles. The Balaban J connectivity index is 1.41. The summed E-state index contributed by atoms with van der Waals surface area (Å²) in [7, 11) is -2.92. The maximum Gasteiger partial charge on any atom is 0.197 e. The van der Waals surface area contributed by atoms with E-state index in [0.717, 1.165) is 44.9 Å². The van der Waals surface area contributed by atoms with Crippen LogP contribution < -0.4 is 0 Å². The smallest absolute Gasteiger partial charge is 0.197 e. The lowest BCUT2D eigenvalue weighted by Crippen LogP contribution is -2.26. The highest BCUT2D eigenvalue weighted by atomic mass is 31.2. The van der Waals surface area contributed by atoms with Gasteiger partial charge in [-0.25, -0.2) is 4.39 Å². The summed E-state index contributed by atoms with van der Waals surface area (Å²) >= 11 is 0. The van der Waals surface area contributed by atoms with Gasteiger partial charge in [0.15, 0.2) is 7.37 Å². The highest BCUT2D eigenvalue weighted by Gasteiger charge is 2.42. The van der Waals surface area contributed by atoms with E-state index in [2.05, 4.69) is 12.1 Å². The van der Waals surface area contributed by atoms with Gasteiger partial charge < -0.3 is 15.1 Å². The minimum Gasteiger partial charge on any atom is -0.393 e. The van der Waals surface area contributed by atoms with Gasteiger partial charge >= 0.3 is 0 Å². The number of benzene rings is 1. The van der Waals surface area contributed by atoms with Gasteiger partial charge in [-0.3, -0.25) is 4.57 Å². The second kappa shape index (κ2) is 10.7. The van der Waals surface area contributed by atoms with Gasteiger partial charge in [-0.1, -0.05) is 43.5 Å². The predicted molar refractivity (Wildman–Crippen MR) is 119 cm³/mol. The lowest BCUT2D eigenvalue weighted by Gasteiger charge is -2.25. The molecule has 3 rings (SSSR count). The molecule has 1 fully saturated rings. The molecule has 6 atom stereocenters. The second-order valence-electron chi connectivity index (χ2n) is 9.71. The molecule has 6 heteroatoms. The number of unbranched alkanes of at least 4 members (excludes halogenated alkanes) is 3. The van der Waals surface area contributed by atoms with E-state index < -0.39 is 25.7 Å². The molecule has 2 aliphatic rings. The first-order valence-electron chi connectivity index (χ1n) is 11.6. The maximum absolute atomic E-state index is 14.6. The minimum atomic E-state index is -2.92. The predicted octanol–water partition coefficient (Wildman–Crippen LogP) is 4.73. The third-order valence-corrected chi connectivity index (χ3v) is 8.40. The number of aliphatic hydroxyl groups excluding tert-OH is 2. The molecule has 0 amide bonds. The highest BCUT2D eigenvalue weighted by molar-refractivity contribution is 7.57. The van der Waals surface area contributed by atoms with Gasteiger partial charge in [0.05, 0.1) is 12.2 Å². The monoisotopic (exact) mass is 440 g/mol. The van der Waals surface area contributed by atoms with Crippen LogP contribution in [0.25, 0.3) is 0 Å². The van der Waals surface area contributed by atoms with Gasteiger partial charge in [0.2, 0.25) is 0 Å². The molecule has 0 heterocycles. The van der Waals surface area contributed by atoms with Crippen molar-refractivity contribution in [3.05, 3.63) is 35.4 Å². The topological polar surface area (TPSA) is 77.8 Å². The number of fused-ring (bicyclic) bond motifs is 1. The van der Waals surface area contributed by atoms with Gasteiger partial charge in [0.25, 0.3) is 0 Å². The molecule has 0 bridgehead atoms. The number of alkyl halides is 1. The molecule has 0 radical (unpaired) electrons. The summed E-state index contributed by atoms with van der Waals surface area (Å²) in [5.74, 6) is 0.00104. The lowest BCUT2D eigenvalue weighted by molar-refractivity contribution is 0.0751. The highest BCUT2D eigenvalue weighted by Crippen LogP contribution is 2.42. The quantitative estimate of drug-likeness (QED) is 0.343. The molecule has 0 aliphatic heterocycles.